The lowest BCUT2D eigenvalue weighted by Crippen LogP contribution is -2.40. The Bertz CT molecular complexity index is 5960. The van der Waals surface area contributed by atoms with E-state index in [1.54, 1.807) is 165 Å². The number of amides is 3. The molecular formula is C92H83F4N9O13. The molecule has 3 saturated carbocycles. The van der Waals surface area contributed by atoms with Crippen molar-refractivity contribution in [2.45, 2.75) is 131 Å². The second-order valence-corrected chi connectivity index (χ2v) is 31.3. The maximum atomic E-state index is 15.5. The van der Waals surface area contributed by atoms with Crippen molar-refractivity contribution in [2.24, 2.45) is 0 Å². The number of benzene rings is 6. The van der Waals surface area contributed by atoms with Crippen LogP contribution in [0.25, 0.3) is 101 Å². The molecule has 6 aromatic heterocycles. The first-order valence-electron chi connectivity index (χ1n) is 38.8. The van der Waals surface area contributed by atoms with Crippen LogP contribution >= 0.6 is 0 Å². The summed E-state index contributed by atoms with van der Waals surface area (Å²) >= 11 is 0. The molecule has 5 unspecified atom stereocenters. The summed E-state index contributed by atoms with van der Waals surface area (Å²) < 4.78 is 112. The van der Waals surface area contributed by atoms with Crippen LogP contribution in [0.5, 0.6) is 11.5 Å². The van der Waals surface area contributed by atoms with Crippen LogP contribution in [0, 0.1) is 57.3 Å². The van der Waals surface area contributed by atoms with Crippen molar-refractivity contribution in [1.82, 2.24) is 29.7 Å². The third-order valence-corrected chi connectivity index (χ3v) is 21.9. The van der Waals surface area contributed by atoms with Crippen LogP contribution in [-0.4, -0.2) is 156 Å². The van der Waals surface area contributed by atoms with Gasteiger partial charge in [0, 0.05) is 168 Å². The Morgan fingerprint density at radius 2 is 0.839 bits per heavy atom. The topological polar surface area (TPSA) is 286 Å². The van der Waals surface area contributed by atoms with E-state index in [0.29, 0.717) is 133 Å². The molecule has 9 heterocycles. The highest BCUT2D eigenvalue weighted by Crippen LogP contribution is 2.51. The van der Waals surface area contributed by atoms with Crippen molar-refractivity contribution in [3.63, 3.8) is 0 Å². The number of nitriles is 3. The minimum atomic E-state index is -1.18. The zero-order valence-corrected chi connectivity index (χ0v) is 66.1. The standard InChI is InChI=1S/C31H28FN3O5.C30H26FN3O4.C23H15F2N3O2.C8H14O2/c1-35(2)30(36)19-6-4-18(5-7-19)26-15-25-29(39-26)23(8-11-34-25)20-12-21(17-33)28(24(32)13-20)38-22-14-27(37-3)40-31(16-22)9-10-31;1-34(2)29(35)19-5-3-18(4-6-19)26-15-25-28(38-26)23(7-11-33-25)20-13-21(17-32)27(24(31)14-20)37-22-8-12-36-30(16-22)9-10-30;1-28(2)23(29)14-5-3-13(4-6-14)20-11-19-22(30-20)17(7-8-27-19)15-9-16(12-26)21(25)18(24)10-15;1-6-4-7(9)5-8(10-6)2-3-8/h4-8,11-13,15,22,27H,9-10,14,16H2,1-3H3;3-7,11,13-15,22H,8-10,12,16H2,1-2H3;3-11H,1-2H3;6-7,9H,2-5H2,1H3. The van der Waals surface area contributed by atoms with Crippen molar-refractivity contribution < 1.29 is 78.7 Å². The number of pyridine rings is 3. The fraction of sp³-hybridized carbons (Fsp3) is 0.315. The van der Waals surface area contributed by atoms with E-state index >= 15 is 8.78 Å². The van der Waals surface area contributed by atoms with E-state index in [1.807, 2.05) is 31.2 Å². The number of nitrogens with zero attached hydrogens (tertiary/aromatic N) is 9. The lowest BCUT2D eigenvalue weighted by atomic mass is 10.0. The molecule has 26 heteroatoms. The molecule has 3 saturated heterocycles. The minimum Gasteiger partial charge on any atom is -0.486 e. The summed E-state index contributed by atoms with van der Waals surface area (Å²) in [6, 6.07) is 45.7. The fourth-order valence-electron chi connectivity index (χ4n) is 15.3. The first-order chi connectivity index (χ1) is 56.7. The number of fused-ring (bicyclic) bond motifs is 3. The van der Waals surface area contributed by atoms with Crippen LogP contribution in [0.4, 0.5) is 17.6 Å². The Labute approximate surface area is 677 Å². The Balaban J connectivity index is 0.000000131. The molecule has 3 amide bonds. The molecule has 22 nitrogen and oxygen atoms in total. The molecule has 5 atom stereocenters. The molecule has 3 aliphatic carbocycles. The maximum Gasteiger partial charge on any atom is 0.253 e. The number of aliphatic hydroxyl groups excluding tert-OH is 1. The third-order valence-electron chi connectivity index (χ3n) is 21.9. The number of hydrogen-bond acceptors (Lipinski definition) is 19. The Morgan fingerprint density at radius 3 is 1.21 bits per heavy atom. The average molecular weight is 1600 g/mol. The van der Waals surface area contributed by atoms with E-state index in [2.05, 4.69) is 27.1 Å². The Morgan fingerprint density at radius 1 is 0.466 bits per heavy atom. The van der Waals surface area contributed by atoms with Gasteiger partial charge >= 0.3 is 0 Å². The molecule has 3 spiro atoms. The van der Waals surface area contributed by atoms with E-state index < -0.39 is 29.6 Å². The van der Waals surface area contributed by atoms with Crippen LogP contribution in [0.3, 0.4) is 0 Å². The van der Waals surface area contributed by atoms with Gasteiger partial charge < -0.3 is 61.5 Å². The lowest BCUT2D eigenvalue weighted by molar-refractivity contribution is -0.211. The predicted molar refractivity (Wildman–Crippen MR) is 429 cm³/mol. The van der Waals surface area contributed by atoms with Gasteiger partial charge in [0.1, 0.15) is 64.2 Å². The van der Waals surface area contributed by atoms with E-state index in [4.69, 9.17) is 46.9 Å². The van der Waals surface area contributed by atoms with Gasteiger partial charge in [-0.2, -0.15) is 15.8 Å². The summed E-state index contributed by atoms with van der Waals surface area (Å²) in [7, 11) is 11.7. The molecule has 0 radical (unpaired) electrons. The molecular weight excluding hydrogens is 1520 g/mol. The van der Waals surface area contributed by atoms with Gasteiger partial charge in [-0.1, -0.05) is 36.4 Å². The number of carbonyl (C=O) groups excluding carboxylic acids is 3. The highest BCUT2D eigenvalue weighted by Gasteiger charge is 2.53. The number of ether oxygens (including phenoxy) is 6. The molecule has 6 aromatic carbocycles. The van der Waals surface area contributed by atoms with Crippen LogP contribution in [0.1, 0.15) is 132 Å². The zero-order valence-electron chi connectivity index (χ0n) is 66.1. The van der Waals surface area contributed by atoms with Gasteiger partial charge in [0.25, 0.3) is 17.7 Å². The van der Waals surface area contributed by atoms with E-state index in [1.165, 1.54) is 39.1 Å². The van der Waals surface area contributed by atoms with Gasteiger partial charge in [-0.25, -0.2) is 17.6 Å². The van der Waals surface area contributed by atoms with Crippen molar-refractivity contribution in [1.29, 1.82) is 15.8 Å². The molecule has 18 rings (SSSR count). The van der Waals surface area contributed by atoms with Crippen LogP contribution in [0.15, 0.2) is 177 Å². The van der Waals surface area contributed by atoms with Gasteiger partial charge in [-0.05, 0) is 160 Å². The largest absolute Gasteiger partial charge is 0.486 e. The Hall–Kier alpha value is -12.6. The first-order valence-corrected chi connectivity index (χ1v) is 38.8. The summed E-state index contributed by atoms with van der Waals surface area (Å²) in [4.78, 5) is 54.1. The molecule has 1 N–H and O–H groups in total. The van der Waals surface area contributed by atoms with Gasteiger partial charge in [0.05, 0.1) is 52.3 Å². The van der Waals surface area contributed by atoms with Gasteiger partial charge in [-0.3, -0.25) is 29.3 Å². The summed E-state index contributed by atoms with van der Waals surface area (Å²) in [5, 5.41) is 38.2. The van der Waals surface area contributed by atoms with Crippen LogP contribution in [0.2, 0.25) is 0 Å². The molecule has 602 valence electrons. The highest BCUT2D eigenvalue weighted by atomic mass is 19.2. The first kappa shape index (κ1) is 80.6. The fourth-order valence-corrected chi connectivity index (χ4v) is 15.3. The molecule has 118 heavy (non-hydrogen) atoms. The maximum absolute atomic E-state index is 15.5. The van der Waals surface area contributed by atoms with E-state index in [-0.39, 0.29) is 87.1 Å². The molecule has 0 bridgehead atoms. The molecule has 3 aliphatic heterocycles. The monoisotopic (exact) mass is 1600 g/mol. The highest BCUT2D eigenvalue weighted by molar-refractivity contribution is 5.98. The zero-order chi connectivity index (χ0) is 83.1. The summed E-state index contributed by atoms with van der Waals surface area (Å²) in [6.07, 6.45) is 14.3. The second-order valence-electron chi connectivity index (χ2n) is 31.3. The number of carbonyl (C=O) groups is 3. The van der Waals surface area contributed by atoms with Gasteiger partial charge in [0.15, 0.2) is 57.8 Å². The third kappa shape index (κ3) is 17.3. The van der Waals surface area contributed by atoms with Gasteiger partial charge in [0.2, 0.25) is 0 Å². The summed E-state index contributed by atoms with van der Waals surface area (Å²) in [5.41, 5.74) is 9.57. The number of halogens is 4. The molecule has 12 aromatic rings. The summed E-state index contributed by atoms with van der Waals surface area (Å²) in [5.74, 6) is -2.25. The van der Waals surface area contributed by atoms with Crippen molar-refractivity contribution in [3.05, 3.63) is 221 Å². The van der Waals surface area contributed by atoms with Gasteiger partial charge in [-0.15, -0.1) is 0 Å². The smallest absolute Gasteiger partial charge is 0.253 e. The van der Waals surface area contributed by atoms with Crippen LogP contribution < -0.4 is 9.47 Å². The number of aliphatic hydroxyl groups is 1. The second kappa shape index (κ2) is 33.2. The van der Waals surface area contributed by atoms with E-state index in [0.717, 1.165) is 74.1 Å². The number of methoxy groups -OCH3 is 1. The van der Waals surface area contributed by atoms with Crippen molar-refractivity contribution in [2.75, 3.05) is 56.0 Å². The van der Waals surface area contributed by atoms with Crippen LogP contribution in [-0.2, 0) is 18.9 Å². The normalized spacial score (nSPS) is 18.7. The minimum absolute atomic E-state index is 0.0169. The SMILES string of the molecule is CC1CC(O)CC2(CC2)O1.CN(C)C(=O)c1ccc(-c2cc3nccc(-c4cc(F)c(F)c(C#N)c4)c3o2)cc1.CN(C)C(=O)c1ccc(-c2cc3nccc(-c4cc(F)c(OC5CCOC6(CC6)C5)c(C#N)c4)c3o2)cc1.COC1CC(Oc2c(F)cc(-c3ccnc4cc(-c5ccc(C(=O)N(C)C)cc5)oc34)cc2C#N)CC2(CC2)O1. The van der Waals surface area contributed by atoms with Crippen molar-refractivity contribution in [3.8, 4) is 97.1 Å². The van der Waals surface area contributed by atoms with Crippen molar-refractivity contribution >= 4 is 51.0 Å². The lowest BCUT2D eigenvalue weighted by Gasteiger charge is -2.35. The number of aromatic nitrogens is 3. The molecule has 6 aliphatic rings. The predicted octanol–water partition coefficient (Wildman–Crippen LogP) is 18.0. The summed E-state index contributed by atoms with van der Waals surface area (Å²) in [6.45, 7) is 2.62. The van der Waals surface area contributed by atoms with E-state index in [9.17, 15) is 38.8 Å². The number of hydrogen-bond donors (Lipinski definition) is 1. The number of furan rings is 3. The Kier molecular flexibility index (Phi) is 22.7. The number of rotatable bonds is 14. The molecule has 6 fully saturated rings. The quantitative estimate of drug-likeness (QED) is 0.0990. The average Bonchev–Trinajstić information content (AvgIpc) is 1.56.